The molecule has 0 atom stereocenters. The van der Waals surface area contributed by atoms with Crippen LogP contribution < -0.4 is 0 Å². The Bertz CT molecular complexity index is 258. The van der Waals surface area contributed by atoms with Gasteiger partial charge in [0, 0.05) is 0 Å². The molecule has 10 heavy (non-hydrogen) atoms. The molecule has 1 heterocycles. The van der Waals surface area contributed by atoms with E-state index in [4.69, 9.17) is 5.26 Å². The summed E-state index contributed by atoms with van der Waals surface area (Å²) in [4.78, 5) is 0.634. The highest BCUT2D eigenvalue weighted by Crippen LogP contribution is 2.17. The molecule has 0 saturated carbocycles. The van der Waals surface area contributed by atoms with Crippen molar-refractivity contribution < 1.29 is 0 Å². The van der Waals surface area contributed by atoms with Crippen molar-refractivity contribution in [1.29, 1.82) is 5.26 Å². The molecule has 0 fully saturated rings. The molecule has 0 spiro atoms. The van der Waals surface area contributed by atoms with Crippen LogP contribution in [-0.2, 0) is 0 Å². The van der Waals surface area contributed by atoms with E-state index in [0.717, 1.165) is 17.2 Å². The van der Waals surface area contributed by atoms with Gasteiger partial charge in [0.05, 0.1) is 5.69 Å². The van der Waals surface area contributed by atoms with Gasteiger partial charge in [-0.05, 0) is 17.5 Å². The smallest absolute Gasteiger partial charge is 0.149 e. The Labute approximate surface area is 63.5 Å². The maximum atomic E-state index is 8.54. The predicted molar refractivity (Wildman–Crippen MR) is 38.7 cm³/mol. The molecular weight excluding hydrogens is 146 g/mol. The summed E-state index contributed by atoms with van der Waals surface area (Å²) in [6.07, 6.45) is 0. The van der Waals surface area contributed by atoms with Gasteiger partial charge in [-0.15, -0.1) is 5.10 Å². The number of rotatable bonds is 1. The normalized spacial score (nSPS) is 9.80. The van der Waals surface area contributed by atoms with Crippen molar-refractivity contribution in [2.45, 2.75) is 19.8 Å². The molecule has 0 saturated heterocycles. The quantitative estimate of drug-likeness (QED) is 0.614. The molecule has 0 aliphatic heterocycles. The van der Waals surface area contributed by atoms with Crippen molar-refractivity contribution in [2.24, 2.45) is 0 Å². The minimum absolute atomic E-state index is 0.299. The van der Waals surface area contributed by atoms with Crippen molar-refractivity contribution in [3.63, 3.8) is 0 Å². The van der Waals surface area contributed by atoms with E-state index in [2.05, 4.69) is 15.7 Å². The first-order valence-corrected chi connectivity index (χ1v) is 3.75. The van der Waals surface area contributed by atoms with Crippen LogP contribution in [0, 0.1) is 11.3 Å². The number of aromatic nitrogens is 2. The van der Waals surface area contributed by atoms with Crippen LogP contribution in [0.2, 0.25) is 0 Å². The lowest BCUT2D eigenvalue weighted by molar-refractivity contribution is 0.809. The molecule has 1 rings (SSSR count). The Morgan fingerprint density at radius 1 is 1.60 bits per heavy atom. The van der Waals surface area contributed by atoms with Crippen molar-refractivity contribution in [3.05, 3.63) is 10.6 Å². The fourth-order valence-corrected chi connectivity index (χ4v) is 1.27. The summed E-state index contributed by atoms with van der Waals surface area (Å²) < 4.78 is 3.68. The SMILES string of the molecule is CC(C)c1nnsc1C#N. The third-order valence-corrected chi connectivity index (χ3v) is 1.81. The van der Waals surface area contributed by atoms with E-state index in [9.17, 15) is 0 Å². The van der Waals surface area contributed by atoms with Gasteiger partial charge in [0.2, 0.25) is 0 Å². The monoisotopic (exact) mass is 153 g/mol. The number of hydrogen-bond donors (Lipinski definition) is 0. The molecule has 0 aliphatic rings. The Hall–Kier alpha value is -0.950. The van der Waals surface area contributed by atoms with Gasteiger partial charge in [-0.2, -0.15) is 5.26 Å². The third-order valence-electron chi connectivity index (χ3n) is 1.16. The number of nitrogens with zero attached hydrogens (tertiary/aromatic N) is 3. The van der Waals surface area contributed by atoms with Gasteiger partial charge in [-0.25, -0.2) is 0 Å². The highest BCUT2D eigenvalue weighted by atomic mass is 32.1. The molecule has 0 N–H and O–H groups in total. The minimum Gasteiger partial charge on any atom is -0.191 e. The van der Waals surface area contributed by atoms with Crippen molar-refractivity contribution >= 4 is 11.5 Å². The van der Waals surface area contributed by atoms with E-state index >= 15 is 0 Å². The third kappa shape index (κ3) is 1.14. The Morgan fingerprint density at radius 3 is 2.70 bits per heavy atom. The maximum absolute atomic E-state index is 8.54. The fourth-order valence-electron chi connectivity index (χ4n) is 0.653. The van der Waals surface area contributed by atoms with Gasteiger partial charge in [0.15, 0.2) is 0 Å². The first-order chi connectivity index (χ1) is 4.75. The topological polar surface area (TPSA) is 49.6 Å². The first-order valence-electron chi connectivity index (χ1n) is 2.98. The zero-order valence-corrected chi connectivity index (χ0v) is 6.64. The highest BCUT2D eigenvalue weighted by molar-refractivity contribution is 7.06. The van der Waals surface area contributed by atoms with E-state index in [1.165, 1.54) is 0 Å². The average Bonchev–Trinajstić information content (AvgIpc) is 2.33. The summed E-state index contributed by atoms with van der Waals surface area (Å²) in [5.41, 5.74) is 0.813. The second-order valence-electron chi connectivity index (χ2n) is 2.25. The number of hydrogen-bond acceptors (Lipinski definition) is 4. The predicted octanol–water partition coefficient (Wildman–Crippen LogP) is 1.53. The summed E-state index contributed by atoms with van der Waals surface area (Å²) in [7, 11) is 0. The van der Waals surface area contributed by atoms with Crippen LogP contribution in [0.1, 0.15) is 30.3 Å². The molecule has 0 radical (unpaired) electrons. The standard InChI is InChI=1S/C6H7N3S/c1-4(2)6-5(3-7)10-9-8-6/h4H,1-2H3. The summed E-state index contributed by atoms with van der Waals surface area (Å²) >= 11 is 1.16. The summed E-state index contributed by atoms with van der Waals surface area (Å²) in [6, 6.07) is 2.05. The van der Waals surface area contributed by atoms with E-state index in [1.54, 1.807) is 0 Å². The zero-order chi connectivity index (χ0) is 7.56. The summed E-state index contributed by atoms with van der Waals surface area (Å²) in [6.45, 7) is 4.00. The van der Waals surface area contributed by atoms with E-state index in [0.29, 0.717) is 10.8 Å². The zero-order valence-electron chi connectivity index (χ0n) is 5.83. The molecule has 3 nitrogen and oxygen atoms in total. The van der Waals surface area contributed by atoms with E-state index < -0.39 is 0 Å². The van der Waals surface area contributed by atoms with Crippen LogP contribution in [0.15, 0.2) is 0 Å². The fraction of sp³-hybridized carbons (Fsp3) is 0.500. The largest absolute Gasteiger partial charge is 0.191 e. The lowest BCUT2D eigenvalue weighted by Crippen LogP contribution is -1.89. The van der Waals surface area contributed by atoms with Crippen LogP contribution in [0.5, 0.6) is 0 Å². The first kappa shape index (κ1) is 7.16. The number of nitriles is 1. The average molecular weight is 153 g/mol. The summed E-state index contributed by atoms with van der Waals surface area (Å²) in [5.74, 6) is 0.299. The van der Waals surface area contributed by atoms with Gasteiger partial charge in [0.1, 0.15) is 10.9 Å². The van der Waals surface area contributed by atoms with Gasteiger partial charge in [-0.3, -0.25) is 0 Å². The Morgan fingerprint density at radius 2 is 2.30 bits per heavy atom. The molecular formula is C6H7N3S. The van der Waals surface area contributed by atoms with Gasteiger partial charge >= 0.3 is 0 Å². The minimum atomic E-state index is 0.299. The molecule has 0 unspecified atom stereocenters. The molecule has 52 valence electrons. The molecule has 0 aromatic carbocycles. The van der Waals surface area contributed by atoms with Gasteiger partial charge < -0.3 is 0 Å². The lowest BCUT2D eigenvalue weighted by Gasteiger charge is -1.95. The van der Waals surface area contributed by atoms with Crippen LogP contribution in [0.25, 0.3) is 0 Å². The van der Waals surface area contributed by atoms with Crippen LogP contribution in [0.4, 0.5) is 0 Å². The van der Waals surface area contributed by atoms with Crippen molar-refractivity contribution in [1.82, 2.24) is 9.59 Å². The second kappa shape index (κ2) is 2.76. The highest BCUT2D eigenvalue weighted by Gasteiger charge is 2.09. The molecule has 1 aromatic heterocycles. The molecule has 0 amide bonds. The van der Waals surface area contributed by atoms with Crippen LogP contribution in [-0.4, -0.2) is 9.59 Å². The Balaban J connectivity index is 3.05. The summed E-state index contributed by atoms with van der Waals surface area (Å²) in [5, 5.41) is 12.4. The van der Waals surface area contributed by atoms with Crippen molar-refractivity contribution in [2.75, 3.05) is 0 Å². The van der Waals surface area contributed by atoms with Gasteiger partial charge in [-0.1, -0.05) is 18.3 Å². The molecule has 0 bridgehead atoms. The molecule has 0 aliphatic carbocycles. The lowest BCUT2D eigenvalue weighted by atomic mass is 10.1. The van der Waals surface area contributed by atoms with Crippen LogP contribution >= 0.6 is 11.5 Å². The van der Waals surface area contributed by atoms with Gasteiger partial charge in [0.25, 0.3) is 0 Å². The van der Waals surface area contributed by atoms with E-state index in [-0.39, 0.29) is 0 Å². The maximum Gasteiger partial charge on any atom is 0.149 e. The Kier molecular flexibility index (Phi) is 1.97. The second-order valence-corrected chi connectivity index (χ2v) is 3.01. The van der Waals surface area contributed by atoms with Crippen molar-refractivity contribution in [3.8, 4) is 6.07 Å². The van der Waals surface area contributed by atoms with Crippen LogP contribution in [0.3, 0.4) is 0 Å². The van der Waals surface area contributed by atoms with E-state index in [1.807, 2.05) is 13.8 Å². The molecule has 1 aromatic rings. The molecule has 4 heteroatoms.